The summed E-state index contributed by atoms with van der Waals surface area (Å²) in [6.45, 7) is 2.38. The Morgan fingerprint density at radius 2 is 1.71 bits per heavy atom. The van der Waals surface area contributed by atoms with Gasteiger partial charge in [0.2, 0.25) is 0 Å². The first kappa shape index (κ1) is 14.9. The molecule has 0 spiro atoms. The van der Waals surface area contributed by atoms with E-state index in [4.69, 9.17) is 44.3 Å². The Bertz CT molecular complexity index is 361. The molecule has 0 saturated heterocycles. The van der Waals surface area contributed by atoms with Crippen LogP contribution in [0.2, 0.25) is 15.1 Å². The van der Waals surface area contributed by atoms with Crippen molar-refractivity contribution in [2.45, 2.75) is 0 Å². The van der Waals surface area contributed by atoms with Crippen molar-refractivity contribution >= 4 is 40.5 Å². The van der Waals surface area contributed by atoms with Gasteiger partial charge in [-0.15, -0.1) is 0 Å². The van der Waals surface area contributed by atoms with Gasteiger partial charge in [-0.25, -0.2) is 0 Å². The number of anilines is 1. The lowest BCUT2D eigenvalue weighted by Crippen LogP contribution is -2.12. The van der Waals surface area contributed by atoms with Crippen LogP contribution < -0.4 is 5.32 Å². The molecular formula is C11H14Cl3NO2. The summed E-state index contributed by atoms with van der Waals surface area (Å²) in [4.78, 5) is 0. The van der Waals surface area contributed by atoms with Gasteiger partial charge in [-0.3, -0.25) is 0 Å². The Balaban J connectivity index is 2.34. The van der Waals surface area contributed by atoms with E-state index in [1.54, 1.807) is 19.2 Å². The fraction of sp³-hybridized carbons (Fsp3) is 0.455. The highest BCUT2D eigenvalue weighted by Gasteiger charge is 2.05. The van der Waals surface area contributed by atoms with Crippen molar-refractivity contribution in [3.8, 4) is 0 Å². The van der Waals surface area contributed by atoms with Crippen molar-refractivity contribution < 1.29 is 9.47 Å². The van der Waals surface area contributed by atoms with Gasteiger partial charge in [0.15, 0.2) is 0 Å². The van der Waals surface area contributed by atoms with Crippen LogP contribution in [-0.4, -0.2) is 33.5 Å². The van der Waals surface area contributed by atoms with Crippen molar-refractivity contribution in [3.05, 3.63) is 27.2 Å². The molecule has 0 heterocycles. The molecule has 0 fully saturated rings. The molecule has 0 atom stereocenters. The quantitative estimate of drug-likeness (QED) is 0.615. The minimum Gasteiger partial charge on any atom is -0.382 e. The molecular weight excluding hydrogens is 284 g/mol. The molecule has 1 aromatic rings. The maximum absolute atomic E-state index is 6.00. The number of benzene rings is 1. The highest BCUT2D eigenvalue weighted by molar-refractivity contribution is 6.44. The van der Waals surface area contributed by atoms with Gasteiger partial charge < -0.3 is 14.8 Å². The van der Waals surface area contributed by atoms with E-state index in [9.17, 15) is 0 Å². The fourth-order valence-corrected chi connectivity index (χ4v) is 1.77. The molecule has 1 rings (SSSR count). The summed E-state index contributed by atoms with van der Waals surface area (Å²) in [5, 5.41) is 4.57. The first-order chi connectivity index (χ1) is 8.15. The molecule has 6 heteroatoms. The zero-order valence-electron chi connectivity index (χ0n) is 9.43. The molecule has 17 heavy (non-hydrogen) atoms. The molecule has 1 aromatic carbocycles. The van der Waals surface area contributed by atoms with Gasteiger partial charge in [0, 0.05) is 13.7 Å². The monoisotopic (exact) mass is 297 g/mol. The molecule has 0 radical (unpaired) electrons. The van der Waals surface area contributed by atoms with E-state index in [1.165, 1.54) is 0 Å². The summed E-state index contributed by atoms with van der Waals surface area (Å²) >= 11 is 17.7. The summed E-state index contributed by atoms with van der Waals surface area (Å²) in [5.74, 6) is 0. The zero-order chi connectivity index (χ0) is 12.7. The molecule has 3 nitrogen and oxygen atoms in total. The molecule has 0 saturated carbocycles. The lowest BCUT2D eigenvalue weighted by atomic mass is 10.3. The number of halogens is 3. The van der Waals surface area contributed by atoms with Crippen LogP contribution in [0.15, 0.2) is 12.1 Å². The summed E-state index contributed by atoms with van der Waals surface area (Å²) in [5.41, 5.74) is 0.747. The Morgan fingerprint density at radius 3 is 2.41 bits per heavy atom. The molecule has 0 aliphatic carbocycles. The van der Waals surface area contributed by atoms with Gasteiger partial charge in [-0.1, -0.05) is 34.8 Å². The van der Waals surface area contributed by atoms with E-state index in [0.29, 0.717) is 41.4 Å². The van der Waals surface area contributed by atoms with Gasteiger partial charge in [0.05, 0.1) is 40.6 Å². The summed E-state index contributed by atoms with van der Waals surface area (Å²) in [6, 6.07) is 3.31. The first-order valence-electron chi connectivity index (χ1n) is 5.10. The minimum absolute atomic E-state index is 0.443. The van der Waals surface area contributed by atoms with Crippen molar-refractivity contribution in [3.63, 3.8) is 0 Å². The van der Waals surface area contributed by atoms with Crippen molar-refractivity contribution in [2.75, 3.05) is 38.8 Å². The lowest BCUT2D eigenvalue weighted by molar-refractivity contribution is 0.0759. The van der Waals surface area contributed by atoms with Crippen LogP contribution in [0.4, 0.5) is 5.69 Å². The third-order valence-electron chi connectivity index (χ3n) is 2.00. The number of ether oxygens (including phenoxy) is 2. The molecule has 0 aromatic heterocycles. The van der Waals surface area contributed by atoms with Crippen LogP contribution in [0.3, 0.4) is 0 Å². The standard InChI is InChI=1S/C11H14Cl3NO2/c1-16-4-5-17-3-2-15-11-7-9(13)8(12)6-10(11)14/h6-7,15H,2-5H2,1H3. The normalized spacial score (nSPS) is 10.6. The predicted octanol–water partition coefficient (Wildman–Crippen LogP) is 3.72. The number of rotatable bonds is 7. The molecule has 0 aliphatic rings. The Morgan fingerprint density at radius 1 is 1.00 bits per heavy atom. The lowest BCUT2D eigenvalue weighted by Gasteiger charge is -2.10. The van der Waals surface area contributed by atoms with Crippen LogP contribution in [0.1, 0.15) is 0 Å². The van der Waals surface area contributed by atoms with Crippen LogP contribution in [-0.2, 0) is 9.47 Å². The summed E-state index contributed by atoms with van der Waals surface area (Å²) < 4.78 is 10.2. The van der Waals surface area contributed by atoms with Gasteiger partial charge >= 0.3 is 0 Å². The fourth-order valence-electron chi connectivity index (χ4n) is 1.16. The molecule has 1 N–H and O–H groups in total. The Kier molecular flexibility index (Phi) is 7.00. The summed E-state index contributed by atoms with van der Waals surface area (Å²) in [6.07, 6.45) is 0. The van der Waals surface area contributed by atoms with E-state index in [0.717, 1.165) is 5.69 Å². The Hall–Kier alpha value is -0.190. The number of methoxy groups -OCH3 is 1. The maximum Gasteiger partial charge on any atom is 0.0701 e. The SMILES string of the molecule is COCCOCCNc1cc(Cl)c(Cl)cc1Cl. The smallest absolute Gasteiger partial charge is 0.0701 e. The van der Waals surface area contributed by atoms with E-state index in [-0.39, 0.29) is 0 Å². The number of hydrogen-bond acceptors (Lipinski definition) is 3. The highest BCUT2D eigenvalue weighted by atomic mass is 35.5. The number of nitrogens with one attached hydrogen (secondary N) is 1. The van der Waals surface area contributed by atoms with E-state index >= 15 is 0 Å². The topological polar surface area (TPSA) is 30.5 Å². The molecule has 96 valence electrons. The van der Waals surface area contributed by atoms with Gasteiger partial charge in [0.1, 0.15) is 0 Å². The van der Waals surface area contributed by atoms with E-state index < -0.39 is 0 Å². The number of hydrogen-bond donors (Lipinski definition) is 1. The highest BCUT2D eigenvalue weighted by Crippen LogP contribution is 2.31. The maximum atomic E-state index is 6.00. The van der Waals surface area contributed by atoms with E-state index in [2.05, 4.69) is 5.32 Å². The molecule has 0 bridgehead atoms. The van der Waals surface area contributed by atoms with Gasteiger partial charge in [-0.05, 0) is 12.1 Å². The van der Waals surface area contributed by atoms with Crippen LogP contribution in [0.25, 0.3) is 0 Å². The second-order valence-electron chi connectivity index (χ2n) is 3.28. The predicted molar refractivity (Wildman–Crippen MR) is 72.7 cm³/mol. The summed E-state index contributed by atoms with van der Waals surface area (Å²) in [7, 11) is 1.64. The minimum atomic E-state index is 0.443. The van der Waals surface area contributed by atoms with Crippen LogP contribution in [0, 0.1) is 0 Å². The third-order valence-corrected chi connectivity index (χ3v) is 3.04. The Labute approximate surface area is 116 Å². The second-order valence-corrected chi connectivity index (χ2v) is 4.50. The van der Waals surface area contributed by atoms with Gasteiger partial charge in [0.25, 0.3) is 0 Å². The average Bonchev–Trinajstić information content (AvgIpc) is 2.30. The largest absolute Gasteiger partial charge is 0.382 e. The van der Waals surface area contributed by atoms with Crippen molar-refractivity contribution in [1.29, 1.82) is 0 Å². The molecule has 0 amide bonds. The first-order valence-corrected chi connectivity index (χ1v) is 6.23. The van der Waals surface area contributed by atoms with Crippen LogP contribution >= 0.6 is 34.8 Å². The van der Waals surface area contributed by atoms with Gasteiger partial charge in [-0.2, -0.15) is 0 Å². The van der Waals surface area contributed by atoms with Crippen molar-refractivity contribution in [1.82, 2.24) is 0 Å². The third kappa shape index (κ3) is 5.32. The van der Waals surface area contributed by atoms with Crippen LogP contribution in [0.5, 0.6) is 0 Å². The van der Waals surface area contributed by atoms with E-state index in [1.807, 2.05) is 0 Å². The molecule has 0 aliphatic heterocycles. The second kappa shape index (κ2) is 8.01. The van der Waals surface area contributed by atoms with Crippen molar-refractivity contribution in [2.24, 2.45) is 0 Å². The molecule has 0 unspecified atom stereocenters. The zero-order valence-corrected chi connectivity index (χ0v) is 11.7. The average molecular weight is 299 g/mol.